The van der Waals surface area contributed by atoms with Gasteiger partial charge in [-0.1, -0.05) is 0 Å². The van der Waals surface area contributed by atoms with Crippen LogP contribution in [0.4, 0.5) is 0 Å². The fourth-order valence-corrected chi connectivity index (χ4v) is 3.67. The predicted octanol–water partition coefficient (Wildman–Crippen LogP) is 4.15. The van der Waals surface area contributed by atoms with E-state index in [9.17, 15) is 0 Å². The molecule has 1 aliphatic heterocycles. The Bertz CT molecular complexity index is 657. The van der Waals surface area contributed by atoms with E-state index in [1.165, 1.54) is 47.3 Å². The Kier molecular flexibility index (Phi) is 7.00. The first-order valence-electron chi connectivity index (χ1n) is 9.51. The first-order chi connectivity index (χ1) is 11.8. The van der Waals surface area contributed by atoms with Crippen LogP contribution in [0.25, 0.3) is 0 Å². The molecule has 0 aromatic rings. The minimum atomic E-state index is 0.393. The number of nitrogens with zero attached hydrogens (tertiary/aromatic N) is 1. The van der Waals surface area contributed by atoms with Crippen LogP contribution in [-0.2, 0) is 0 Å². The maximum absolute atomic E-state index is 4.48. The van der Waals surface area contributed by atoms with Crippen molar-refractivity contribution in [2.24, 2.45) is 10.8 Å². The van der Waals surface area contributed by atoms with Gasteiger partial charge in [0.2, 0.25) is 0 Å². The molecule has 136 valence electrons. The van der Waals surface area contributed by atoms with Crippen LogP contribution in [0.3, 0.4) is 0 Å². The van der Waals surface area contributed by atoms with Gasteiger partial charge in [-0.3, -0.25) is 0 Å². The predicted molar refractivity (Wildman–Crippen MR) is 112 cm³/mol. The average Bonchev–Trinajstić information content (AvgIpc) is 2.71. The summed E-state index contributed by atoms with van der Waals surface area (Å²) in [6.45, 7) is 16.0. The topological polar surface area (TPSA) is 36.4 Å². The first kappa shape index (κ1) is 19.9. The zero-order valence-corrected chi connectivity index (χ0v) is 17.1. The summed E-state index contributed by atoms with van der Waals surface area (Å²) in [7, 11) is 1.97. The van der Waals surface area contributed by atoms with Crippen LogP contribution < -0.4 is 10.6 Å². The summed E-state index contributed by atoms with van der Waals surface area (Å²) >= 11 is 0. The van der Waals surface area contributed by atoms with Crippen LogP contribution in [-0.4, -0.2) is 30.9 Å². The Morgan fingerprint density at radius 1 is 1.16 bits per heavy atom. The van der Waals surface area contributed by atoms with Crippen LogP contribution in [0.2, 0.25) is 0 Å². The molecule has 4 heteroatoms. The minimum absolute atomic E-state index is 0.393. The summed E-state index contributed by atoms with van der Waals surface area (Å²) in [5, 5.41) is 7.45. The van der Waals surface area contributed by atoms with E-state index in [4.69, 9.17) is 0 Å². The van der Waals surface area contributed by atoms with E-state index in [0.29, 0.717) is 12.0 Å². The molecule has 3 nitrogen and oxygen atoms in total. The standard InChI is InChI=1S/C21H34BN3/c1-13(2)16(6)20-17(7)24-19(22-25-14(3)4)12-23-21(20)18-10-8-15(5)9-11-18/h8,18,21,23-24H,9-12H2,1-7H3. The van der Waals surface area contributed by atoms with Crippen LogP contribution in [0, 0.1) is 5.92 Å². The molecule has 2 unspecified atom stereocenters. The zero-order valence-electron chi connectivity index (χ0n) is 17.1. The van der Waals surface area contributed by atoms with Gasteiger partial charge in [0.25, 0.3) is 0 Å². The summed E-state index contributed by atoms with van der Waals surface area (Å²) in [4.78, 5) is 4.48. The van der Waals surface area contributed by atoms with Gasteiger partial charge in [-0.2, -0.15) is 0 Å². The Morgan fingerprint density at radius 2 is 1.88 bits per heavy atom. The van der Waals surface area contributed by atoms with Gasteiger partial charge in [0, 0.05) is 0 Å². The first-order valence-corrected chi connectivity index (χ1v) is 9.51. The van der Waals surface area contributed by atoms with Crippen molar-refractivity contribution in [3.63, 3.8) is 0 Å². The second-order valence-electron chi connectivity index (χ2n) is 7.96. The molecule has 0 amide bonds. The summed E-state index contributed by atoms with van der Waals surface area (Å²) in [6, 6.07) is 0.393. The molecule has 2 rings (SSSR count). The number of rotatable bonds is 3. The Morgan fingerprint density at radius 3 is 2.44 bits per heavy atom. The van der Waals surface area contributed by atoms with E-state index >= 15 is 0 Å². The summed E-state index contributed by atoms with van der Waals surface area (Å²) in [6.07, 6.45) is 6.08. The second-order valence-corrected chi connectivity index (χ2v) is 7.96. The van der Waals surface area contributed by atoms with Gasteiger partial charge in [0.15, 0.2) is 0 Å². The van der Waals surface area contributed by atoms with Crippen molar-refractivity contribution in [3.05, 3.63) is 34.1 Å². The number of hydrogen-bond donors (Lipinski definition) is 2. The summed E-state index contributed by atoms with van der Waals surface area (Å²) < 4.78 is 0. The fraction of sp³-hybridized carbons (Fsp3) is 0.619. The molecule has 0 spiro atoms. The van der Waals surface area contributed by atoms with E-state index in [1.54, 1.807) is 0 Å². The normalized spacial score (nSPS) is 25.6. The number of hydrogen-bond acceptors (Lipinski definition) is 3. The van der Waals surface area contributed by atoms with E-state index < -0.39 is 0 Å². The van der Waals surface area contributed by atoms with E-state index in [2.05, 4.69) is 56.2 Å². The van der Waals surface area contributed by atoms with Crippen molar-refractivity contribution < 1.29 is 0 Å². The van der Waals surface area contributed by atoms with Gasteiger partial charge >= 0.3 is 154 Å². The zero-order chi connectivity index (χ0) is 18.6. The maximum atomic E-state index is 4.48. The average molecular weight is 339 g/mol. The Hall–Kier alpha value is -1.42. The van der Waals surface area contributed by atoms with E-state index in [-0.39, 0.29) is 0 Å². The summed E-state index contributed by atoms with van der Waals surface area (Å²) in [5.41, 5.74) is 9.25. The third kappa shape index (κ3) is 5.28. The monoisotopic (exact) mass is 339 g/mol. The van der Waals surface area contributed by atoms with Crippen LogP contribution in [0.5, 0.6) is 0 Å². The van der Waals surface area contributed by atoms with E-state index in [0.717, 1.165) is 17.8 Å². The van der Waals surface area contributed by atoms with Gasteiger partial charge in [0.1, 0.15) is 0 Å². The summed E-state index contributed by atoms with van der Waals surface area (Å²) in [5.74, 6) is 0.653. The van der Waals surface area contributed by atoms with Gasteiger partial charge in [-0.15, -0.1) is 0 Å². The van der Waals surface area contributed by atoms with Gasteiger partial charge in [0.05, 0.1) is 0 Å². The molecule has 2 aliphatic rings. The number of nitrogens with one attached hydrogen (secondary N) is 2. The molecule has 0 saturated heterocycles. The van der Waals surface area contributed by atoms with Crippen molar-refractivity contribution >= 4 is 18.4 Å². The molecule has 2 atom stereocenters. The van der Waals surface area contributed by atoms with Crippen molar-refractivity contribution in [1.82, 2.24) is 10.6 Å². The quantitative estimate of drug-likeness (QED) is 0.460. The van der Waals surface area contributed by atoms with Crippen LogP contribution >= 0.6 is 0 Å². The van der Waals surface area contributed by atoms with Gasteiger partial charge in [-0.25, -0.2) is 0 Å². The molecule has 0 saturated carbocycles. The number of allylic oxidation sites excluding steroid dienone is 4. The van der Waals surface area contributed by atoms with Crippen LogP contribution in [0.1, 0.15) is 67.7 Å². The Labute approximate surface area is 154 Å². The van der Waals surface area contributed by atoms with Crippen molar-refractivity contribution in [2.45, 2.75) is 73.8 Å². The van der Waals surface area contributed by atoms with Crippen LogP contribution in [0.15, 0.2) is 39.0 Å². The third-order valence-electron chi connectivity index (χ3n) is 5.36. The van der Waals surface area contributed by atoms with Gasteiger partial charge < -0.3 is 0 Å². The Balaban J connectivity index is 2.40. The van der Waals surface area contributed by atoms with Crippen molar-refractivity contribution in [1.29, 1.82) is 0 Å². The molecule has 0 fully saturated rings. The molecule has 2 N–H and O–H groups in total. The van der Waals surface area contributed by atoms with Crippen molar-refractivity contribution in [2.75, 3.05) is 6.54 Å². The SMILES string of the molecule is CC1=CCC(C2NC/C(=B/N=C(C)C)NC(C)=C2C(C)=C(C)C)CC1. The molecule has 0 aromatic carbocycles. The van der Waals surface area contributed by atoms with Gasteiger partial charge in [-0.05, 0) is 0 Å². The van der Waals surface area contributed by atoms with E-state index in [1.807, 2.05) is 20.9 Å². The molecular weight excluding hydrogens is 305 g/mol. The third-order valence-corrected chi connectivity index (χ3v) is 5.36. The van der Waals surface area contributed by atoms with Crippen molar-refractivity contribution in [3.8, 4) is 0 Å². The molecule has 1 aliphatic carbocycles. The molecule has 1 heterocycles. The fourth-order valence-electron chi connectivity index (χ4n) is 3.67. The molecular formula is C21H34BN3. The second kappa shape index (κ2) is 8.80. The molecule has 0 radical (unpaired) electrons. The molecule has 0 aromatic heterocycles. The molecule has 0 bridgehead atoms. The molecule has 25 heavy (non-hydrogen) atoms.